The zero-order chi connectivity index (χ0) is 20.5. The normalized spacial score (nSPS) is 16.0. The van der Waals surface area contributed by atoms with Crippen molar-refractivity contribution in [2.24, 2.45) is 0 Å². The Hall–Kier alpha value is -3.48. The van der Waals surface area contributed by atoms with Crippen molar-refractivity contribution in [2.75, 3.05) is 31.1 Å². The molecule has 30 heavy (non-hydrogen) atoms. The highest BCUT2D eigenvalue weighted by Gasteiger charge is 2.25. The molecular formula is C23H24N6O. The fourth-order valence-corrected chi connectivity index (χ4v) is 4.24. The van der Waals surface area contributed by atoms with Crippen molar-refractivity contribution in [3.63, 3.8) is 0 Å². The Kier molecular flexibility index (Phi) is 4.78. The number of anilines is 1. The number of fused-ring (bicyclic) bond motifs is 2. The minimum absolute atomic E-state index is 0.167. The van der Waals surface area contributed by atoms with Crippen LogP contribution in [0.15, 0.2) is 55.1 Å². The standard InChI is InChI=1S/C23H24N6O/c1-16(18-8-7-17-5-2-3-6-19(17)13-18)23(30)29-10-4-9-28(11-12-29)22-20-21(25-14-24-20)26-15-27-22/h2-3,5-8,13-16H,4,9-12H2,1H3,(H,24,25,26,27)/t16-/m0/s1. The van der Waals surface area contributed by atoms with E-state index in [0.29, 0.717) is 12.2 Å². The van der Waals surface area contributed by atoms with Crippen LogP contribution < -0.4 is 4.90 Å². The van der Waals surface area contributed by atoms with E-state index in [2.05, 4.69) is 55.2 Å². The summed E-state index contributed by atoms with van der Waals surface area (Å²) in [5, 5.41) is 2.37. The summed E-state index contributed by atoms with van der Waals surface area (Å²) in [7, 11) is 0. The van der Waals surface area contributed by atoms with Crippen molar-refractivity contribution in [1.29, 1.82) is 0 Å². The van der Waals surface area contributed by atoms with Gasteiger partial charge in [0, 0.05) is 26.2 Å². The molecule has 1 N–H and O–H groups in total. The van der Waals surface area contributed by atoms with Crippen LogP contribution in [0.4, 0.5) is 5.82 Å². The van der Waals surface area contributed by atoms with Crippen LogP contribution >= 0.6 is 0 Å². The molecule has 1 fully saturated rings. The fourth-order valence-electron chi connectivity index (χ4n) is 4.24. The molecule has 4 aromatic rings. The molecule has 0 aliphatic carbocycles. The number of hydrogen-bond acceptors (Lipinski definition) is 5. The minimum atomic E-state index is -0.167. The van der Waals surface area contributed by atoms with Crippen LogP contribution in [-0.2, 0) is 4.79 Å². The third kappa shape index (κ3) is 3.36. The molecule has 0 radical (unpaired) electrons. The quantitative estimate of drug-likeness (QED) is 0.571. The first-order valence-corrected chi connectivity index (χ1v) is 10.4. The van der Waals surface area contributed by atoms with Gasteiger partial charge in [-0.3, -0.25) is 4.79 Å². The predicted octanol–water partition coefficient (Wildman–Crippen LogP) is 3.35. The summed E-state index contributed by atoms with van der Waals surface area (Å²) in [5.41, 5.74) is 2.58. The molecule has 3 heterocycles. The molecule has 1 amide bonds. The molecule has 1 aliphatic rings. The molecule has 152 valence electrons. The molecule has 1 saturated heterocycles. The highest BCUT2D eigenvalue weighted by atomic mass is 16.2. The van der Waals surface area contributed by atoms with Gasteiger partial charge >= 0.3 is 0 Å². The summed E-state index contributed by atoms with van der Waals surface area (Å²) < 4.78 is 0. The zero-order valence-corrected chi connectivity index (χ0v) is 17.0. The summed E-state index contributed by atoms with van der Waals surface area (Å²) in [5.74, 6) is 0.871. The van der Waals surface area contributed by atoms with E-state index in [1.807, 2.05) is 24.0 Å². The second kappa shape index (κ2) is 7.74. The Bertz CT molecular complexity index is 1200. The first-order valence-electron chi connectivity index (χ1n) is 10.4. The third-order valence-electron chi connectivity index (χ3n) is 5.95. The molecule has 1 atom stereocenters. The van der Waals surface area contributed by atoms with Gasteiger partial charge in [-0.1, -0.05) is 42.5 Å². The van der Waals surface area contributed by atoms with Gasteiger partial charge in [0.25, 0.3) is 0 Å². The second-order valence-electron chi connectivity index (χ2n) is 7.79. The van der Waals surface area contributed by atoms with Crippen LogP contribution in [0.1, 0.15) is 24.8 Å². The lowest BCUT2D eigenvalue weighted by Crippen LogP contribution is -2.37. The van der Waals surface area contributed by atoms with Crippen LogP contribution in [0, 0.1) is 0 Å². The molecule has 0 bridgehead atoms. The number of hydrogen-bond donors (Lipinski definition) is 1. The molecule has 0 spiro atoms. The Morgan fingerprint density at radius 1 is 1.00 bits per heavy atom. The van der Waals surface area contributed by atoms with Crippen molar-refractivity contribution in [3.8, 4) is 0 Å². The van der Waals surface area contributed by atoms with Crippen LogP contribution in [0.2, 0.25) is 0 Å². The number of imidazole rings is 1. The summed E-state index contributed by atoms with van der Waals surface area (Å²) >= 11 is 0. The van der Waals surface area contributed by atoms with Gasteiger partial charge in [-0.15, -0.1) is 0 Å². The van der Waals surface area contributed by atoms with Gasteiger partial charge in [0.1, 0.15) is 11.8 Å². The molecule has 0 saturated carbocycles. The number of aromatic nitrogens is 4. The molecule has 0 unspecified atom stereocenters. The van der Waals surface area contributed by atoms with E-state index in [1.54, 1.807) is 12.7 Å². The van der Waals surface area contributed by atoms with E-state index in [1.165, 1.54) is 10.8 Å². The Morgan fingerprint density at radius 2 is 1.87 bits per heavy atom. The second-order valence-corrected chi connectivity index (χ2v) is 7.79. The third-order valence-corrected chi connectivity index (χ3v) is 5.95. The number of nitrogens with one attached hydrogen (secondary N) is 1. The van der Waals surface area contributed by atoms with Crippen molar-refractivity contribution in [2.45, 2.75) is 19.3 Å². The zero-order valence-electron chi connectivity index (χ0n) is 17.0. The van der Waals surface area contributed by atoms with Gasteiger partial charge in [0.2, 0.25) is 5.91 Å². The first kappa shape index (κ1) is 18.5. The number of carbonyl (C=O) groups excluding carboxylic acids is 1. The monoisotopic (exact) mass is 400 g/mol. The van der Waals surface area contributed by atoms with Gasteiger partial charge < -0.3 is 14.8 Å². The first-order chi connectivity index (χ1) is 14.7. The number of aromatic amines is 1. The van der Waals surface area contributed by atoms with Gasteiger partial charge in [-0.2, -0.15) is 0 Å². The molecule has 1 aliphatic heterocycles. The number of carbonyl (C=O) groups is 1. The highest BCUT2D eigenvalue weighted by molar-refractivity contribution is 5.88. The van der Waals surface area contributed by atoms with Gasteiger partial charge in [0.15, 0.2) is 11.5 Å². The van der Waals surface area contributed by atoms with Gasteiger partial charge in [0.05, 0.1) is 12.2 Å². The number of H-pyrrole nitrogens is 1. The van der Waals surface area contributed by atoms with Crippen LogP contribution in [0.5, 0.6) is 0 Å². The molecule has 7 nitrogen and oxygen atoms in total. The average molecular weight is 400 g/mol. The van der Waals surface area contributed by atoms with Crippen molar-refractivity contribution >= 4 is 33.7 Å². The molecule has 7 heteroatoms. The van der Waals surface area contributed by atoms with Crippen molar-refractivity contribution in [3.05, 3.63) is 60.7 Å². The average Bonchev–Trinajstić information content (AvgIpc) is 3.14. The lowest BCUT2D eigenvalue weighted by molar-refractivity contribution is -0.132. The predicted molar refractivity (Wildman–Crippen MR) is 117 cm³/mol. The number of amides is 1. The number of benzene rings is 2. The topological polar surface area (TPSA) is 78.0 Å². The maximum Gasteiger partial charge on any atom is 0.229 e. The SMILES string of the molecule is C[C@H](C(=O)N1CCCN(c2ncnc3nc[nH]c23)CC1)c1ccc2ccccc2c1. The van der Waals surface area contributed by atoms with E-state index in [4.69, 9.17) is 0 Å². The van der Waals surface area contributed by atoms with Crippen LogP contribution in [-0.4, -0.2) is 56.9 Å². The van der Waals surface area contributed by atoms with Crippen molar-refractivity contribution < 1.29 is 4.79 Å². The van der Waals surface area contributed by atoms with E-state index < -0.39 is 0 Å². The van der Waals surface area contributed by atoms with Gasteiger partial charge in [-0.25, -0.2) is 15.0 Å². The van der Waals surface area contributed by atoms with Crippen LogP contribution in [0.3, 0.4) is 0 Å². The van der Waals surface area contributed by atoms with Gasteiger partial charge in [-0.05, 0) is 29.7 Å². The lowest BCUT2D eigenvalue weighted by atomic mass is 9.96. The summed E-state index contributed by atoms with van der Waals surface area (Å²) in [6, 6.07) is 14.6. The largest absolute Gasteiger partial charge is 0.353 e. The lowest BCUT2D eigenvalue weighted by Gasteiger charge is -2.25. The molecule has 5 rings (SSSR count). The Balaban J connectivity index is 1.32. The Morgan fingerprint density at radius 3 is 2.77 bits per heavy atom. The fraction of sp³-hybridized carbons (Fsp3) is 0.304. The van der Waals surface area contributed by atoms with Crippen LogP contribution in [0.25, 0.3) is 21.9 Å². The van der Waals surface area contributed by atoms with E-state index in [-0.39, 0.29) is 11.8 Å². The van der Waals surface area contributed by atoms with E-state index in [0.717, 1.165) is 43.0 Å². The summed E-state index contributed by atoms with van der Waals surface area (Å²) in [6.45, 7) is 5.02. The smallest absolute Gasteiger partial charge is 0.229 e. The van der Waals surface area contributed by atoms with E-state index in [9.17, 15) is 4.79 Å². The Labute approximate surface area is 174 Å². The molecule has 2 aromatic heterocycles. The number of nitrogens with zero attached hydrogens (tertiary/aromatic N) is 5. The molecular weight excluding hydrogens is 376 g/mol. The summed E-state index contributed by atoms with van der Waals surface area (Å²) in [6.07, 6.45) is 4.09. The molecule has 2 aromatic carbocycles. The minimum Gasteiger partial charge on any atom is -0.353 e. The maximum atomic E-state index is 13.3. The van der Waals surface area contributed by atoms with Crippen molar-refractivity contribution in [1.82, 2.24) is 24.8 Å². The van der Waals surface area contributed by atoms with E-state index >= 15 is 0 Å². The number of rotatable bonds is 3. The highest BCUT2D eigenvalue weighted by Crippen LogP contribution is 2.25. The maximum absolute atomic E-state index is 13.3. The summed E-state index contributed by atoms with van der Waals surface area (Å²) in [4.78, 5) is 33.5.